The first-order valence-electron chi connectivity index (χ1n) is 9.04. The van der Waals surface area contributed by atoms with Crippen molar-refractivity contribution >= 4 is 0 Å². The summed E-state index contributed by atoms with van der Waals surface area (Å²) >= 11 is 0. The zero-order valence-corrected chi connectivity index (χ0v) is 15.1. The molecule has 0 bridgehead atoms. The number of nitrogens with zero attached hydrogens (tertiary/aromatic N) is 5. The van der Waals surface area contributed by atoms with Crippen molar-refractivity contribution in [2.75, 3.05) is 0 Å². The van der Waals surface area contributed by atoms with Crippen molar-refractivity contribution < 1.29 is 4.39 Å². The number of aromatic nitrogens is 5. The van der Waals surface area contributed by atoms with Crippen LogP contribution in [0.1, 0.15) is 43.4 Å². The van der Waals surface area contributed by atoms with Crippen LogP contribution in [0, 0.1) is 5.82 Å². The van der Waals surface area contributed by atoms with Gasteiger partial charge in [0.15, 0.2) is 5.82 Å². The molecule has 4 rings (SSSR count). The molecule has 1 unspecified atom stereocenters. The molecule has 3 aromatic rings. The van der Waals surface area contributed by atoms with Crippen molar-refractivity contribution in [1.29, 1.82) is 0 Å². The molecule has 7 heteroatoms. The van der Waals surface area contributed by atoms with Crippen molar-refractivity contribution in [1.82, 2.24) is 29.6 Å². The number of nitrogens with one attached hydrogen (secondary N) is 1. The van der Waals surface area contributed by atoms with Gasteiger partial charge in [-0.05, 0) is 24.1 Å². The fraction of sp³-hybridized carbons (Fsp3) is 0.421. The monoisotopic (exact) mass is 354 g/mol. The average molecular weight is 354 g/mol. The van der Waals surface area contributed by atoms with Crippen LogP contribution in [0.5, 0.6) is 0 Å². The van der Waals surface area contributed by atoms with E-state index in [2.05, 4.69) is 34.2 Å². The van der Waals surface area contributed by atoms with Crippen LogP contribution >= 0.6 is 0 Å². The SMILES string of the molecule is CC(C)c1nc2n(n1)CC(NCc1ccc(-n3ccnc3)c(F)c1)CC2. The Morgan fingerprint density at radius 1 is 1.35 bits per heavy atom. The second-order valence-electron chi connectivity index (χ2n) is 7.10. The van der Waals surface area contributed by atoms with Gasteiger partial charge >= 0.3 is 0 Å². The van der Waals surface area contributed by atoms with Gasteiger partial charge in [-0.2, -0.15) is 5.10 Å². The highest BCUT2D eigenvalue weighted by molar-refractivity contribution is 5.36. The molecule has 26 heavy (non-hydrogen) atoms. The fourth-order valence-corrected chi connectivity index (χ4v) is 3.27. The molecule has 0 amide bonds. The third kappa shape index (κ3) is 3.39. The predicted octanol–water partition coefficient (Wildman–Crippen LogP) is 2.83. The van der Waals surface area contributed by atoms with Gasteiger partial charge in [-0.3, -0.25) is 0 Å². The van der Waals surface area contributed by atoms with Gasteiger partial charge in [-0.15, -0.1) is 0 Å². The normalized spacial score (nSPS) is 16.8. The number of fused-ring (bicyclic) bond motifs is 1. The lowest BCUT2D eigenvalue weighted by atomic mass is 10.1. The molecule has 1 atom stereocenters. The summed E-state index contributed by atoms with van der Waals surface area (Å²) in [6, 6.07) is 5.65. The molecule has 0 fully saturated rings. The lowest BCUT2D eigenvalue weighted by Crippen LogP contribution is -2.37. The molecule has 6 nitrogen and oxygen atoms in total. The summed E-state index contributed by atoms with van der Waals surface area (Å²) < 4.78 is 18.0. The molecule has 1 aliphatic rings. The maximum atomic E-state index is 14.4. The molecular formula is C19H23FN6. The molecule has 2 aromatic heterocycles. The first-order chi connectivity index (χ1) is 12.6. The van der Waals surface area contributed by atoms with Crippen LogP contribution < -0.4 is 5.32 Å². The van der Waals surface area contributed by atoms with Gasteiger partial charge in [0.05, 0.1) is 18.6 Å². The summed E-state index contributed by atoms with van der Waals surface area (Å²) in [5.74, 6) is 2.09. The minimum Gasteiger partial charge on any atom is -0.308 e. The highest BCUT2D eigenvalue weighted by Gasteiger charge is 2.22. The van der Waals surface area contributed by atoms with Gasteiger partial charge < -0.3 is 9.88 Å². The zero-order chi connectivity index (χ0) is 18.1. The number of hydrogen-bond acceptors (Lipinski definition) is 4. The van der Waals surface area contributed by atoms with Crippen LogP contribution in [-0.2, 0) is 19.5 Å². The summed E-state index contributed by atoms with van der Waals surface area (Å²) in [5, 5.41) is 8.13. The molecule has 3 heterocycles. The first kappa shape index (κ1) is 16.9. The molecule has 0 saturated heterocycles. The van der Waals surface area contributed by atoms with Gasteiger partial charge in [-0.1, -0.05) is 19.9 Å². The molecule has 0 saturated carbocycles. The number of imidazole rings is 1. The number of aryl methyl sites for hydroxylation is 1. The minimum absolute atomic E-state index is 0.244. The van der Waals surface area contributed by atoms with Gasteiger partial charge in [0, 0.05) is 37.3 Å². The van der Waals surface area contributed by atoms with E-state index in [0.29, 0.717) is 24.2 Å². The van der Waals surface area contributed by atoms with Crippen LogP contribution in [0.2, 0.25) is 0 Å². The quantitative estimate of drug-likeness (QED) is 0.765. The summed E-state index contributed by atoms with van der Waals surface area (Å²) in [6.07, 6.45) is 6.91. The molecule has 0 radical (unpaired) electrons. The van der Waals surface area contributed by atoms with Crippen molar-refractivity contribution in [3.8, 4) is 5.69 Å². The Morgan fingerprint density at radius 2 is 2.23 bits per heavy atom. The van der Waals surface area contributed by atoms with Crippen LogP contribution in [0.3, 0.4) is 0 Å². The number of rotatable bonds is 5. The Kier molecular flexibility index (Phi) is 4.55. The lowest BCUT2D eigenvalue weighted by molar-refractivity contribution is 0.357. The van der Waals surface area contributed by atoms with Gasteiger partial charge in [-0.25, -0.2) is 19.0 Å². The molecule has 0 spiro atoms. The number of benzene rings is 1. The van der Waals surface area contributed by atoms with Crippen LogP contribution in [0.4, 0.5) is 4.39 Å². The van der Waals surface area contributed by atoms with Crippen molar-refractivity contribution in [3.05, 3.63) is 59.9 Å². The van der Waals surface area contributed by atoms with Crippen LogP contribution in [-0.4, -0.2) is 30.4 Å². The van der Waals surface area contributed by atoms with Gasteiger partial charge in [0.25, 0.3) is 0 Å². The molecule has 1 N–H and O–H groups in total. The molecule has 1 aliphatic heterocycles. The van der Waals surface area contributed by atoms with Gasteiger partial charge in [0.2, 0.25) is 0 Å². The second kappa shape index (κ2) is 6.99. The number of halogens is 1. The molecule has 0 aliphatic carbocycles. The standard InChI is InChI=1S/C19H23FN6/c1-13(2)19-23-18-6-4-15(11-26(18)24-19)22-10-14-3-5-17(16(20)9-14)25-8-7-21-12-25/h3,5,7-9,12-13,15,22H,4,6,10-11H2,1-2H3. The maximum Gasteiger partial charge on any atom is 0.153 e. The zero-order valence-electron chi connectivity index (χ0n) is 15.1. The van der Waals surface area contributed by atoms with E-state index in [1.54, 1.807) is 35.4 Å². The molecule has 1 aromatic carbocycles. The van der Waals surface area contributed by atoms with E-state index in [-0.39, 0.29) is 5.82 Å². The van der Waals surface area contributed by atoms with Crippen LogP contribution in [0.15, 0.2) is 36.9 Å². The molecular weight excluding hydrogens is 331 g/mol. The summed E-state index contributed by atoms with van der Waals surface area (Å²) in [7, 11) is 0. The van der Waals surface area contributed by atoms with Crippen molar-refractivity contribution in [2.24, 2.45) is 0 Å². The topological polar surface area (TPSA) is 60.6 Å². The van der Waals surface area contributed by atoms with Crippen molar-refractivity contribution in [2.45, 2.75) is 51.7 Å². The van der Waals surface area contributed by atoms with E-state index in [4.69, 9.17) is 0 Å². The largest absolute Gasteiger partial charge is 0.308 e. The van der Waals surface area contributed by atoms with Gasteiger partial charge in [0.1, 0.15) is 11.6 Å². The summed E-state index contributed by atoms with van der Waals surface area (Å²) in [5.41, 5.74) is 1.44. The second-order valence-corrected chi connectivity index (χ2v) is 7.10. The van der Waals surface area contributed by atoms with E-state index < -0.39 is 0 Å². The Bertz CT molecular complexity index is 884. The summed E-state index contributed by atoms with van der Waals surface area (Å²) in [4.78, 5) is 8.58. The van der Waals surface area contributed by atoms with E-state index in [1.165, 1.54) is 0 Å². The maximum absolute atomic E-state index is 14.4. The highest BCUT2D eigenvalue weighted by atomic mass is 19.1. The fourth-order valence-electron chi connectivity index (χ4n) is 3.27. The van der Waals surface area contributed by atoms with E-state index >= 15 is 0 Å². The Balaban J connectivity index is 1.39. The Morgan fingerprint density at radius 3 is 2.96 bits per heavy atom. The Labute approximate surface area is 152 Å². The lowest BCUT2D eigenvalue weighted by Gasteiger charge is -2.23. The van der Waals surface area contributed by atoms with E-state index in [9.17, 15) is 4.39 Å². The average Bonchev–Trinajstić information content (AvgIpc) is 3.29. The smallest absolute Gasteiger partial charge is 0.153 e. The first-order valence-corrected chi connectivity index (χ1v) is 9.04. The highest BCUT2D eigenvalue weighted by Crippen LogP contribution is 2.18. The van der Waals surface area contributed by atoms with Crippen LogP contribution in [0.25, 0.3) is 5.69 Å². The predicted molar refractivity (Wildman–Crippen MR) is 96.6 cm³/mol. The van der Waals surface area contributed by atoms with E-state index in [0.717, 1.165) is 36.6 Å². The summed E-state index contributed by atoms with van der Waals surface area (Å²) in [6.45, 7) is 5.66. The minimum atomic E-state index is -0.244. The Hall–Kier alpha value is -2.54. The van der Waals surface area contributed by atoms with Crippen molar-refractivity contribution in [3.63, 3.8) is 0 Å². The third-order valence-electron chi connectivity index (χ3n) is 4.78. The van der Waals surface area contributed by atoms with E-state index in [1.807, 2.05) is 10.7 Å². The third-order valence-corrected chi connectivity index (χ3v) is 4.78. The number of hydrogen-bond donors (Lipinski definition) is 1. The molecule has 136 valence electrons.